The Morgan fingerprint density at radius 2 is 1.94 bits per heavy atom. The van der Waals surface area contributed by atoms with E-state index in [9.17, 15) is 0 Å². The van der Waals surface area contributed by atoms with Crippen LogP contribution < -0.4 is 0 Å². The summed E-state index contributed by atoms with van der Waals surface area (Å²) in [5, 5.41) is 0. The molecule has 2 bridgehead atoms. The minimum atomic E-state index is 0.616. The van der Waals surface area contributed by atoms with E-state index in [1.165, 1.54) is 32.1 Å². The second-order valence-corrected chi connectivity index (χ2v) is 5.59. The van der Waals surface area contributed by atoms with Crippen molar-refractivity contribution >= 4 is 12.2 Å². The zero-order valence-electron chi connectivity index (χ0n) is 9.72. The van der Waals surface area contributed by atoms with E-state index in [0.29, 0.717) is 6.04 Å². The molecule has 2 saturated heterocycles. The van der Waals surface area contributed by atoms with Crippen LogP contribution in [0.5, 0.6) is 0 Å². The fourth-order valence-electron chi connectivity index (χ4n) is 3.43. The summed E-state index contributed by atoms with van der Waals surface area (Å²) in [6.07, 6.45) is 10.7. The lowest BCUT2D eigenvalue weighted by Crippen LogP contribution is -2.49. The standard InChI is InChI=1S/C12H19N3S/c1-14-9-3-2-4-10(14)8-11(7-9)15-6-5-13-12(15)16/h5-6,9-11H,2-4,7-8H2,1H3,(H,13,16). The van der Waals surface area contributed by atoms with Gasteiger partial charge in [-0.3, -0.25) is 0 Å². The summed E-state index contributed by atoms with van der Waals surface area (Å²) in [5.41, 5.74) is 0. The first-order chi connectivity index (χ1) is 7.75. The fourth-order valence-corrected chi connectivity index (χ4v) is 3.71. The van der Waals surface area contributed by atoms with Crippen molar-refractivity contribution in [1.82, 2.24) is 14.5 Å². The summed E-state index contributed by atoms with van der Waals surface area (Å²) >= 11 is 5.32. The molecule has 3 rings (SSSR count). The van der Waals surface area contributed by atoms with Gasteiger partial charge in [-0.15, -0.1) is 0 Å². The molecule has 3 nitrogen and oxygen atoms in total. The first-order valence-electron chi connectivity index (χ1n) is 6.23. The van der Waals surface area contributed by atoms with Gasteiger partial charge in [0.1, 0.15) is 0 Å². The highest BCUT2D eigenvalue weighted by Crippen LogP contribution is 2.38. The van der Waals surface area contributed by atoms with Crippen molar-refractivity contribution in [3.63, 3.8) is 0 Å². The topological polar surface area (TPSA) is 24.0 Å². The molecule has 2 aliphatic heterocycles. The van der Waals surface area contributed by atoms with E-state index >= 15 is 0 Å². The van der Waals surface area contributed by atoms with Crippen LogP contribution in [0.3, 0.4) is 0 Å². The molecule has 16 heavy (non-hydrogen) atoms. The minimum absolute atomic E-state index is 0.616. The number of hydrogen-bond acceptors (Lipinski definition) is 2. The number of piperidine rings is 2. The van der Waals surface area contributed by atoms with E-state index in [1.807, 2.05) is 6.20 Å². The predicted octanol–water partition coefficient (Wildman–Crippen LogP) is 2.73. The van der Waals surface area contributed by atoms with Crippen LogP contribution in [0, 0.1) is 4.77 Å². The summed E-state index contributed by atoms with van der Waals surface area (Å²) in [7, 11) is 2.29. The number of nitrogens with zero attached hydrogens (tertiary/aromatic N) is 2. The average molecular weight is 237 g/mol. The van der Waals surface area contributed by atoms with Crippen LogP contribution in [0.4, 0.5) is 0 Å². The molecule has 0 aliphatic carbocycles. The number of rotatable bonds is 1. The molecule has 2 unspecified atom stereocenters. The quantitative estimate of drug-likeness (QED) is 0.759. The van der Waals surface area contributed by atoms with Gasteiger partial charge in [0.25, 0.3) is 0 Å². The number of H-pyrrole nitrogens is 1. The summed E-state index contributed by atoms with van der Waals surface area (Å²) in [6, 6.07) is 2.16. The minimum Gasteiger partial charge on any atom is -0.337 e. The molecule has 1 N–H and O–H groups in total. The lowest BCUT2D eigenvalue weighted by molar-refractivity contribution is 0.0397. The largest absolute Gasteiger partial charge is 0.337 e. The first-order valence-corrected chi connectivity index (χ1v) is 6.64. The Morgan fingerprint density at radius 3 is 2.50 bits per heavy atom. The van der Waals surface area contributed by atoms with Gasteiger partial charge < -0.3 is 14.5 Å². The maximum atomic E-state index is 5.32. The number of aromatic nitrogens is 2. The summed E-state index contributed by atoms with van der Waals surface area (Å²) in [6.45, 7) is 0. The van der Waals surface area contributed by atoms with Gasteiger partial charge in [0.2, 0.25) is 0 Å². The molecule has 0 radical (unpaired) electrons. The van der Waals surface area contributed by atoms with Crippen molar-refractivity contribution in [3.8, 4) is 0 Å². The molecule has 2 aliphatic rings. The Hall–Kier alpha value is -0.610. The smallest absolute Gasteiger partial charge is 0.177 e. The highest BCUT2D eigenvalue weighted by Gasteiger charge is 2.36. The molecule has 0 amide bonds. The van der Waals surface area contributed by atoms with E-state index in [-0.39, 0.29) is 0 Å². The van der Waals surface area contributed by atoms with Crippen LogP contribution in [0.1, 0.15) is 38.1 Å². The molecule has 0 saturated carbocycles. The summed E-state index contributed by atoms with van der Waals surface area (Å²) < 4.78 is 3.14. The van der Waals surface area contributed by atoms with E-state index < -0.39 is 0 Å². The normalized spacial score (nSPS) is 35.2. The van der Waals surface area contributed by atoms with Crippen LogP contribution in [-0.4, -0.2) is 33.6 Å². The molecule has 3 heterocycles. The van der Waals surface area contributed by atoms with E-state index in [0.717, 1.165) is 16.9 Å². The van der Waals surface area contributed by atoms with Gasteiger partial charge in [-0.25, -0.2) is 0 Å². The van der Waals surface area contributed by atoms with E-state index in [1.54, 1.807) is 0 Å². The SMILES string of the molecule is CN1C2CCCC1CC(n1cc[nH]c1=S)C2. The van der Waals surface area contributed by atoms with Gasteiger partial charge in [0, 0.05) is 30.5 Å². The van der Waals surface area contributed by atoms with Crippen molar-refractivity contribution in [1.29, 1.82) is 0 Å². The molecule has 0 aromatic carbocycles. The molecular formula is C12H19N3S. The number of hydrogen-bond donors (Lipinski definition) is 1. The molecule has 1 aromatic rings. The molecule has 0 spiro atoms. The van der Waals surface area contributed by atoms with Gasteiger partial charge in [0.05, 0.1) is 0 Å². The third kappa shape index (κ3) is 1.64. The van der Waals surface area contributed by atoms with Gasteiger partial charge in [0.15, 0.2) is 4.77 Å². The number of nitrogens with one attached hydrogen (secondary N) is 1. The van der Waals surface area contributed by atoms with Crippen molar-refractivity contribution in [2.75, 3.05) is 7.05 Å². The van der Waals surface area contributed by atoms with E-state index in [2.05, 4.69) is 27.7 Å². The van der Waals surface area contributed by atoms with Crippen molar-refractivity contribution in [2.24, 2.45) is 0 Å². The lowest BCUT2D eigenvalue weighted by Gasteiger charge is -2.47. The molecular weight excluding hydrogens is 218 g/mol. The third-order valence-corrected chi connectivity index (χ3v) is 4.71. The summed E-state index contributed by atoms with van der Waals surface area (Å²) in [4.78, 5) is 5.70. The highest BCUT2D eigenvalue weighted by molar-refractivity contribution is 7.71. The molecule has 88 valence electrons. The second-order valence-electron chi connectivity index (χ2n) is 5.20. The Morgan fingerprint density at radius 1 is 1.25 bits per heavy atom. The lowest BCUT2D eigenvalue weighted by atomic mass is 9.82. The Labute approximate surface area is 101 Å². The van der Waals surface area contributed by atoms with Crippen molar-refractivity contribution < 1.29 is 0 Å². The van der Waals surface area contributed by atoms with Crippen LogP contribution in [0.15, 0.2) is 12.4 Å². The second kappa shape index (κ2) is 4.00. The molecule has 2 atom stereocenters. The van der Waals surface area contributed by atoms with Gasteiger partial charge in [-0.2, -0.15) is 0 Å². The maximum absolute atomic E-state index is 5.32. The first kappa shape index (κ1) is 10.5. The maximum Gasteiger partial charge on any atom is 0.177 e. The monoisotopic (exact) mass is 237 g/mol. The number of fused-ring (bicyclic) bond motifs is 2. The molecule has 4 heteroatoms. The van der Waals surface area contributed by atoms with Crippen LogP contribution in [0.2, 0.25) is 0 Å². The predicted molar refractivity (Wildman–Crippen MR) is 67.1 cm³/mol. The van der Waals surface area contributed by atoms with Crippen LogP contribution >= 0.6 is 12.2 Å². The average Bonchev–Trinajstić information content (AvgIpc) is 2.64. The number of imidazole rings is 1. The van der Waals surface area contributed by atoms with Crippen molar-refractivity contribution in [3.05, 3.63) is 17.2 Å². The Kier molecular flexibility index (Phi) is 2.64. The molecule has 1 aromatic heterocycles. The summed E-state index contributed by atoms with van der Waals surface area (Å²) in [5.74, 6) is 0. The van der Waals surface area contributed by atoms with Crippen LogP contribution in [-0.2, 0) is 0 Å². The van der Waals surface area contributed by atoms with Gasteiger partial charge in [-0.05, 0) is 44.9 Å². The zero-order valence-corrected chi connectivity index (χ0v) is 10.5. The third-order valence-electron chi connectivity index (χ3n) is 4.38. The fraction of sp³-hybridized carbons (Fsp3) is 0.750. The zero-order chi connectivity index (χ0) is 11.1. The Bertz CT molecular complexity index is 408. The highest BCUT2D eigenvalue weighted by atomic mass is 32.1. The van der Waals surface area contributed by atoms with Crippen molar-refractivity contribution in [2.45, 2.75) is 50.2 Å². The number of aromatic amines is 1. The van der Waals surface area contributed by atoms with E-state index in [4.69, 9.17) is 12.2 Å². The Balaban J connectivity index is 1.85. The van der Waals surface area contributed by atoms with Crippen LogP contribution in [0.25, 0.3) is 0 Å². The van der Waals surface area contributed by atoms with Gasteiger partial charge in [-0.1, -0.05) is 6.42 Å². The van der Waals surface area contributed by atoms with Gasteiger partial charge >= 0.3 is 0 Å². The molecule has 2 fully saturated rings.